The normalized spacial score (nSPS) is 12.1. The molecule has 7 nitrogen and oxygen atoms in total. The molecule has 1 N–H and O–H groups in total. The van der Waals surface area contributed by atoms with Crippen LogP contribution < -0.4 is 24.3 Å². The first-order valence-electron chi connectivity index (χ1n) is 12.6. The van der Waals surface area contributed by atoms with Crippen LogP contribution in [0.2, 0.25) is 5.02 Å². The van der Waals surface area contributed by atoms with Crippen molar-refractivity contribution in [1.29, 1.82) is 5.26 Å². The van der Waals surface area contributed by atoms with Gasteiger partial charge in [-0.25, -0.2) is 0 Å². The zero-order chi connectivity index (χ0) is 27.2. The summed E-state index contributed by atoms with van der Waals surface area (Å²) in [6.07, 6.45) is 3.21. The van der Waals surface area contributed by atoms with Gasteiger partial charge in [-0.15, -0.1) is 0 Å². The molecule has 8 heteroatoms. The maximum Gasteiger partial charge on any atom is 0.161 e. The number of hydrogen-bond acceptors (Lipinski definition) is 7. The van der Waals surface area contributed by atoms with E-state index >= 15 is 0 Å². The summed E-state index contributed by atoms with van der Waals surface area (Å²) in [5, 5.41) is 12.8. The molecule has 1 aliphatic rings. The van der Waals surface area contributed by atoms with Gasteiger partial charge in [-0.05, 0) is 60.5 Å². The number of nitrogens with zero attached hydrogens (tertiary/aromatic N) is 2. The van der Waals surface area contributed by atoms with Crippen molar-refractivity contribution in [3.63, 3.8) is 0 Å². The summed E-state index contributed by atoms with van der Waals surface area (Å²) in [5.74, 6) is 2.70. The Hall–Kier alpha value is -4.25. The van der Waals surface area contributed by atoms with Gasteiger partial charge in [-0.2, -0.15) is 5.26 Å². The van der Waals surface area contributed by atoms with Crippen molar-refractivity contribution in [1.82, 2.24) is 10.3 Å². The molecule has 0 atom stereocenters. The van der Waals surface area contributed by atoms with Crippen LogP contribution in [0.15, 0.2) is 67.0 Å². The highest BCUT2D eigenvalue weighted by Crippen LogP contribution is 2.37. The Bertz CT molecular complexity index is 1530. The maximum absolute atomic E-state index is 9.15. The van der Waals surface area contributed by atoms with Gasteiger partial charge in [0.1, 0.15) is 44.0 Å². The third-order valence-corrected chi connectivity index (χ3v) is 6.78. The van der Waals surface area contributed by atoms with E-state index in [2.05, 4.69) is 29.4 Å². The van der Waals surface area contributed by atoms with Crippen LogP contribution in [0.3, 0.4) is 0 Å². The fourth-order valence-electron chi connectivity index (χ4n) is 4.46. The summed E-state index contributed by atoms with van der Waals surface area (Å²) in [6.45, 7) is 4.36. The molecule has 0 radical (unpaired) electrons. The number of pyridine rings is 1. The van der Waals surface area contributed by atoms with Crippen LogP contribution in [0.1, 0.15) is 27.8 Å². The monoisotopic (exact) mass is 541 g/mol. The second-order valence-electron chi connectivity index (χ2n) is 9.14. The number of halogens is 1. The Kier molecular flexibility index (Phi) is 8.16. The first kappa shape index (κ1) is 26.4. The molecule has 5 rings (SSSR count). The molecule has 2 heterocycles. The lowest BCUT2D eigenvalue weighted by Gasteiger charge is -2.20. The fraction of sp³-hybridized carbons (Fsp3) is 0.226. The second kappa shape index (κ2) is 12.1. The summed E-state index contributed by atoms with van der Waals surface area (Å²) < 4.78 is 23.8. The summed E-state index contributed by atoms with van der Waals surface area (Å²) in [5.41, 5.74) is 6.49. The summed E-state index contributed by atoms with van der Waals surface area (Å²) in [6, 6.07) is 19.7. The summed E-state index contributed by atoms with van der Waals surface area (Å²) >= 11 is 6.61. The van der Waals surface area contributed by atoms with Crippen LogP contribution in [0.25, 0.3) is 11.1 Å². The Balaban J connectivity index is 1.35. The first-order valence-corrected chi connectivity index (χ1v) is 13.0. The first-order chi connectivity index (χ1) is 19.1. The van der Waals surface area contributed by atoms with Gasteiger partial charge in [-0.1, -0.05) is 35.9 Å². The predicted molar refractivity (Wildman–Crippen MR) is 149 cm³/mol. The maximum atomic E-state index is 9.15. The van der Waals surface area contributed by atoms with Crippen LogP contribution in [-0.2, 0) is 19.8 Å². The predicted octanol–water partition coefficient (Wildman–Crippen LogP) is 6.23. The molecule has 0 saturated carbocycles. The molecular weight excluding hydrogens is 514 g/mol. The Morgan fingerprint density at radius 1 is 0.949 bits per heavy atom. The molecular formula is C31H28ClN3O4. The number of rotatable bonds is 9. The molecule has 0 fully saturated rings. The van der Waals surface area contributed by atoms with E-state index in [-0.39, 0.29) is 6.61 Å². The molecule has 1 aromatic heterocycles. The standard InChI is InChI=1S/C31H28ClN3O4/c1-20-24(4-3-5-26(20)23-6-7-28-31(12-23)37-9-8-36-28)19-39-30-13-29(25(17-34-2)11-27(30)32)38-18-22-10-21(14-33)15-35-16-22/h3-7,10-13,15-16,34H,8-9,17-19H2,1-2H3. The van der Waals surface area contributed by atoms with Gasteiger partial charge in [0.15, 0.2) is 11.5 Å². The molecule has 0 aliphatic carbocycles. The van der Waals surface area contributed by atoms with E-state index in [4.69, 9.17) is 35.8 Å². The number of fused-ring (bicyclic) bond motifs is 1. The number of ether oxygens (including phenoxy) is 4. The SMILES string of the molecule is CNCc1cc(Cl)c(OCc2cccc(-c3ccc4c(c3)OCCO4)c2C)cc1OCc1cncc(C#N)c1. The largest absolute Gasteiger partial charge is 0.488 e. The second-order valence-corrected chi connectivity index (χ2v) is 9.55. The van der Waals surface area contributed by atoms with Crippen molar-refractivity contribution in [2.45, 2.75) is 26.7 Å². The van der Waals surface area contributed by atoms with Gasteiger partial charge in [0, 0.05) is 36.1 Å². The molecule has 198 valence electrons. The van der Waals surface area contributed by atoms with Crippen LogP contribution in [0.5, 0.6) is 23.0 Å². The van der Waals surface area contributed by atoms with Crippen LogP contribution in [0.4, 0.5) is 0 Å². The van der Waals surface area contributed by atoms with Crippen molar-refractivity contribution in [2.75, 3.05) is 20.3 Å². The lowest BCUT2D eigenvalue weighted by Crippen LogP contribution is -2.15. The van der Waals surface area contributed by atoms with Crippen LogP contribution in [0, 0.1) is 18.3 Å². The van der Waals surface area contributed by atoms with E-state index in [0.29, 0.717) is 48.5 Å². The van der Waals surface area contributed by atoms with E-state index in [1.807, 2.05) is 49.5 Å². The molecule has 0 spiro atoms. The number of nitriles is 1. The third-order valence-electron chi connectivity index (χ3n) is 6.48. The van der Waals surface area contributed by atoms with Gasteiger partial charge in [-0.3, -0.25) is 4.98 Å². The quantitative estimate of drug-likeness (QED) is 0.269. The molecule has 0 bridgehead atoms. The van der Waals surface area contributed by atoms with E-state index in [1.54, 1.807) is 12.3 Å². The highest BCUT2D eigenvalue weighted by atomic mass is 35.5. The topological polar surface area (TPSA) is 85.6 Å². The van der Waals surface area contributed by atoms with E-state index in [1.165, 1.54) is 6.20 Å². The van der Waals surface area contributed by atoms with Gasteiger partial charge in [0.05, 0.1) is 10.6 Å². The van der Waals surface area contributed by atoms with Crippen molar-refractivity contribution >= 4 is 11.6 Å². The molecule has 0 unspecified atom stereocenters. The lowest BCUT2D eigenvalue weighted by atomic mass is 9.96. The number of hydrogen-bond donors (Lipinski definition) is 1. The molecule has 4 aromatic rings. The van der Waals surface area contributed by atoms with Crippen LogP contribution in [-0.4, -0.2) is 25.2 Å². The van der Waals surface area contributed by atoms with E-state index < -0.39 is 0 Å². The summed E-state index contributed by atoms with van der Waals surface area (Å²) in [4.78, 5) is 4.11. The minimum atomic E-state index is 0.261. The smallest absolute Gasteiger partial charge is 0.161 e. The summed E-state index contributed by atoms with van der Waals surface area (Å²) in [7, 11) is 1.86. The van der Waals surface area contributed by atoms with Gasteiger partial charge >= 0.3 is 0 Å². The molecule has 39 heavy (non-hydrogen) atoms. The van der Waals surface area contributed by atoms with Crippen molar-refractivity contribution in [3.8, 4) is 40.2 Å². The zero-order valence-electron chi connectivity index (χ0n) is 21.8. The number of aromatic nitrogens is 1. The van der Waals surface area contributed by atoms with Crippen molar-refractivity contribution in [3.05, 3.63) is 99.8 Å². The average molecular weight is 542 g/mol. The average Bonchev–Trinajstić information content (AvgIpc) is 2.97. The van der Waals surface area contributed by atoms with E-state index in [0.717, 1.165) is 44.9 Å². The Labute approximate surface area is 232 Å². The minimum Gasteiger partial charge on any atom is -0.488 e. The Morgan fingerprint density at radius 3 is 2.59 bits per heavy atom. The van der Waals surface area contributed by atoms with E-state index in [9.17, 15) is 0 Å². The number of nitrogens with one attached hydrogen (secondary N) is 1. The van der Waals surface area contributed by atoms with Gasteiger partial charge < -0.3 is 24.3 Å². The van der Waals surface area contributed by atoms with Gasteiger partial charge in [0.2, 0.25) is 0 Å². The highest BCUT2D eigenvalue weighted by Gasteiger charge is 2.16. The molecule has 0 saturated heterocycles. The third kappa shape index (κ3) is 6.09. The van der Waals surface area contributed by atoms with Gasteiger partial charge in [0.25, 0.3) is 0 Å². The van der Waals surface area contributed by atoms with Crippen molar-refractivity contribution in [2.24, 2.45) is 0 Å². The van der Waals surface area contributed by atoms with Crippen LogP contribution >= 0.6 is 11.6 Å². The fourth-order valence-corrected chi connectivity index (χ4v) is 4.70. The Morgan fingerprint density at radius 2 is 1.77 bits per heavy atom. The molecule has 0 amide bonds. The molecule has 3 aromatic carbocycles. The number of benzene rings is 3. The zero-order valence-corrected chi connectivity index (χ0v) is 22.5. The lowest BCUT2D eigenvalue weighted by molar-refractivity contribution is 0.171. The van der Waals surface area contributed by atoms with Crippen molar-refractivity contribution < 1.29 is 18.9 Å². The highest BCUT2D eigenvalue weighted by molar-refractivity contribution is 6.32. The molecule has 1 aliphatic heterocycles. The minimum absolute atomic E-state index is 0.261.